The molecule has 2 aliphatic rings. The van der Waals surface area contributed by atoms with Crippen molar-refractivity contribution in [3.8, 4) is 0 Å². The summed E-state index contributed by atoms with van der Waals surface area (Å²) in [4.78, 5) is 9.73. The normalized spacial score (nSPS) is 27.6. The van der Waals surface area contributed by atoms with Crippen LogP contribution in [0.3, 0.4) is 0 Å². The summed E-state index contributed by atoms with van der Waals surface area (Å²) in [6.07, 6.45) is 4.65. The molecule has 2 unspecified atom stereocenters. The Morgan fingerprint density at radius 3 is 3.16 bits per heavy atom. The lowest BCUT2D eigenvalue weighted by atomic mass is 10.1. The Kier molecular flexibility index (Phi) is 3.71. The largest absolute Gasteiger partial charge is 0.351 e. The molecule has 2 fully saturated rings. The molecular weight excluding hydrogens is 236 g/mol. The van der Waals surface area contributed by atoms with Crippen molar-refractivity contribution in [3.05, 3.63) is 23.9 Å². The van der Waals surface area contributed by atoms with Gasteiger partial charge in [0.25, 0.3) is 0 Å². The van der Waals surface area contributed by atoms with E-state index in [1.165, 1.54) is 31.5 Å². The smallest absolute Gasteiger partial charge is 0.129 e. The number of fused-ring (bicyclic) bond motifs is 1. The highest BCUT2D eigenvalue weighted by Crippen LogP contribution is 2.27. The van der Waals surface area contributed by atoms with Crippen molar-refractivity contribution in [2.45, 2.75) is 38.4 Å². The maximum Gasteiger partial charge on any atom is 0.129 e. The molecule has 0 amide bonds. The molecule has 1 aromatic rings. The number of pyridine rings is 1. The number of anilines is 1. The van der Waals surface area contributed by atoms with Gasteiger partial charge in [-0.25, -0.2) is 4.98 Å². The number of nitrogens with zero attached hydrogens (tertiary/aromatic N) is 3. The Balaban J connectivity index is 1.78. The molecule has 2 saturated heterocycles. The van der Waals surface area contributed by atoms with Crippen LogP contribution < -0.4 is 10.2 Å². The second kappa shape index (κ2) is 5.47. The van der Waals surface area contributed by atoms with Crippen LogP contribution >= 0.6 is 0 Å². The molecule has 1 N–H and O–H groups in total. The lowest BCUT2D eigenvalue weighted by Gasteiger charge is -2.43. The molecule has 3 heterocycles. The van der Waals surface area contributed by atoms with Crippen LogP contribution in [-0.2, 0) is 6.54 Å². The van der Waals surface area contributed by atoms with Crippen LogP contribution in [-0.4, -0.2) is 48.6 Å². The third kappa shape index (κ3) is 2.60. The Bertz CT molecular complexity index is 434. The Morgan fingerprint density at radius 1 is 1.42 bits per heavy atom. The third-order valence-corrected chi connectivity index (χ3v) is 4.42. The van der Waals surface area contributed by atoms with Gasteiger partial charge in [-0.05, 0) is 51.1 Å². The summed E-state index contributed by atoms with van der Waals surface area (Å²) in [5, 5.41) is 3.21. The van der Waals surface area contributed by atoms with Crippen molar-refractivity contribution < 1.29 is 0 Å². The van der Waals surface area contributed by atoms with Gasteiger partial charge in [-0.1, -0.05) is 0 Å². The van der Waals surface area contributed by atoms with E-state index in [1.54, 1.807) is 0 Å². The topological polar surface area (TPSA) is 31.4 Å². The summed E-state index contributed by atoms with van der Waals surface area (Å²) in [6, 6.07) is 5.63. The van der Waals surface area contributed by atoms with Crippen LogP contribution in [0.1, 0.15) is 25.3 Å². The first-order valence-electron chi connectivity index (χ1n) is 7.38. The van der Waals surface area contributed by atoms with Gasteiger partial charge in [-0.2, -0.15) is 0 Å². The molecule has 0 aromatic carbocycles. The van der Waals surface area contributed by atoms with Crippen molar-refractivity contribution >= 4 is 5.82 Å². The van der Waals surface area contributed by atoms with Gasteiger partial charge in [0.1, 0.15) is 5.82 Å². The monoisotopic (exact) mass is 260 g/mol. The van der Waals surface area contributed by atoms with Gasteiger partial charge in [-0.3, -0.25) is 4.90 Å². The maximum atomic E-state index is 4.59. The summed E-state index contributed by atoms with van der Waals surface area (Å²) in [7, 11) is 1.99. The first-order valence-corrected chi connectivity index (χ1v) is 7.38. The van der Waals surface area contributed by atoms with Crippen LogP contribution in [0.5, 0.6) is 0 Å². The van der Waals surface area contributed by atoms with Gasteiger partial charge in [0.15, 0.2) is 0 Å². The molecule has 0 spiro atoms. The zero-order valence-electron chi connectivity index (χ0n) is 12.0. The summed E-state index contributed by atoms with van der Waals surface area (Å²) < 4.78 is 0. The van der Waals surface area contributed by atoms with Crippen LogP contribution in [0.4, 0.5) is 5.82 Å². The average molecular weight is 260 g/mol. The van der Waals surface area contributed by atoms with Crippen LogP contribution in [0.25, 0.3) is 0 Å². The van der Waals surface area contributed by atoms with E-state index in [-0.39, 0.29) is 0 Å². The van der Waals surface area contributed by atoms with Crippen molar-refractivity contribution in [1.29, 1.82) is 0 Å². The number of nitrogens with one attached hydrogen (secondary N) is 1. The van der Waals surface area contributed by atoms with Crippen LogP contribution in [0, 0.1) is 0 Å². The molecular formula is C15H24N4. The molecule has 2 aliphatic heterocycles. The number of piperazine rings is 1. The van der Waals surface area contributed by atoms with Crippen molar-refractivity contribution in [3.63, 3.8) is 0 Å². The van der Waals surface area contributed by atoms with Crippen molar-refractivity contribution in [1.82, 2.24) is 15.2 Å². The van der Waals surface area contributed by atoms with Gasteiger partial charge in [0.2, 0.25) is 0 Å². The minimum atomic E-state index is 0.562. The molecule has 4 heteroatoms. The highest BCUT2D eigenvalue weighted by atomic mass is 15.3. The SMILES string of the molecule is CNCc1ccnc(N2CC3CCCN3CC2C)c1. The molecule has 19 heavy (non-hydrogen) atoms. The lowest BCUT2D eigenvalue weighted by Crippen LogP contribution is -2.55. The lowest BCUT2D eigenvalue weighted by molar-refractivity contribution is 0.202. The number of aromatic nitrogens is 1. The van der Waals surface area contributed by atoms with E-state index in [4.69, 9.17) is 0 Å². The zero-order valence-corrected chi connectivity index (χ0v) is 12.0. The highest BCUT2D eigenvalue weighted by Gasteiger charge is 2.34. The van der Waals surface area contributed by atoms with Crippen molar-refractivity contribution in [2.24, 2.45) is 0 Å². The van der Waals surface area contributed by atoms with Gasteiger partial charge in [0, 0.05) is 37.9 Å². The van der Waals surface area contributed by atoms with E-state index in [1.807, 2.05) is 13.2 Å². The summed E-state index contributed by atoms with van der Waals surface area (Å²) in [5.41, 5.74) is 1.31. The minimum absolute atomic E-state index is 0.562. The first kappa shape index (κ1) is 12.9. The quantitative estimate of drug-likeness (QED) is 0.892. The molecule has 104 valence electrons. The van der Waals surface area contributed by atoms with E-state index < -0.39 is 0 Å². The predicted molar refractivity (Wildman–Crippen MR) is 78.4 cm³/mol. The van der Waals surface area contributed by atoms with Crippen molar-refractivity contribution in [2.75, 3.05) is 31.6 Å². The van der Waals surface area contributed by atoms with Gasteiger partial charge >= 0.3 is 0 Å². The molecule has 0 saturated carbocycles. The number of hydrogen-bond acceptors (Lipinski definition) is 4. The van der Waals surface area contributed by atoms with Crippen LogP contribution in [0.2, 0.25) is 0 Å². The van der Waals surface area contributed by atoms with E-state index in [9.17, 15) is 0 Å². The Hall–Kier alpha value is -1.13. The Labute approximate surface area is 115 Å². The summed E-state index contributed by atoms with van der Waals surface area (Å²) in [6.45, 7) is 6.84. The zero-order chi connectivity index (χ0) is 13.2. The molecule has 0 aliphatic carbocycles. The van der Waals surface area contributed by atoms with Gasteiger partial charge in [-0.15, -0.1) is 0 Å². The van der Waals surface area contributed by atoms with Gasteiger partial charge in [0.05, 0.1) is 0 Å². The molecule has 0 bridgehead atoms. The second-order valence-corrected chi connectivity index (χ2v) is 5.84. The molecule has 4 nitrogen and oxygen atoms in total. The summed E-state index contributed by atoms with van der Waals surface area (Å²) >= 11 is 0. The van der Waals surface area contributed by atoms with Crippen LogP contribution in [0.15, 0.2) is 18.3 Å². The standard InChI is InChI=1S/C15H24N4/c1-12-10-18-7-3-4-14(18)11-19(12)15-8-13(9-16-2)5-6-17-15/h5-6,8,12,14,16H,3-4,7,9-11H2,1-2H3. The van der Waals surface area contributed by atoms with E-state index in [0.717, 1.165) is 24.9 Å². The molecule has 0 radical (unpaired) electrons. The average Bonchev–Trinajstić information content (AvgIpc) is 2.85. The number of hydrogen-bond donors (Lipinski definition) is 1. The predicted octanol–water partition coefficient (Wildman–Crippen LogP) is 1.47. The fourth-order valence-electron chi connectivity index (χ4n) is 3.44. The van der Waals surface area contributed by atoms with E-state index in [0.29, 0.717) is 6.04 Å². The molecule has 3 rings (SSSR count). The fraction of sp³-hybridized carbons (Fsp3) is 0.667. The second-order valence-electron chi connectivity index (χ2n) is 5.84. The van der Waals surface area contributed by atoms with E-state index in [2.05, 4.69) is 39.2 Å². The number of rotatable bonds is 3. The minimum Gasteiger partial charge on any atom is -0.351 e. The highest BCUT2D eigenvalue weighted by molar-refractivity contribution is 5.43. The third-order valence-electron chi connectivity index (χ3n) is 4.42. The first-order chi connectivity index (χ1) is 9.28. The molecule has 2 atom stereocenters. The molecule has 1 aromatic heterocycles. The maximum absolute atomic E-state index is 4.59. The summed E-state index contributed by atoms with van der Waals surface area (Å²) in [5.74, 6) is 1.15. The fourth-order valence-corrected chi connectivity index (χ4v) is 3.44. The van der Waals surface area contributed by atoms with Gasteiger partial charge < -0.3 is 10.2 Å². The van der Waals surface area contributed by atoms with E-state index >= 15 is 0 Å². The Morgan fingerprint density at radius 2 is 2.32 bits per heavy atom.